The molecule has 0 spiro atoms. The van der Waals surface area contributed by atoms with Gasteiger partial charge in [0.25, 0.3) is 0 Å². The average Bonchev–Trinajstić information content (AvgIpc) is 3.04. The molecule has 0 aromatic heterocycles. The lowest BCUT2D eigenvalue weighted by molar-refractivity contribution is -0.126. The van der Waals surface area contributed by atoms with Crippen molar-refractivity contribution in [2.24, 2.45) is 5.73 Å². The van der Waals surface area contributed by atoms with Crippen LogP contribution in [-0.2, 0) is 16.1 Å². The molecule has 2 atom stereocenters. The van der Waals surface area contributed by atoms with Crippen LogP contribution in [0, 0.1) is 0 Å². The second-order valence-electron chi connectivity index (χ2n) is 5.45. The van der Waals surface area contributed by atoms with Gasteiger partial charge in [0.2, 0.25) is 5.91 Å². The predicted octanol–water partition coefficient (Wildman–Crippen LogP) is 2.29. The lowest BCUT2D eigenvalue weighted by Gasteiger charge is -2.12. The van der Waals surface area contributed by atoms with Crippen molar-refractivity contribution in [1.82, 2.24) is 0 Å². The van der Waals surface area contributed by atoms with Crippen molar-refractivity contribution in [3.05, 3.63) is 60.2 Å². The summed E-state index contributed by atoms with van der Waals surface area (Å²) in [5.41, 5.74) is 6.28. The summed E-state index contributed by atoms with van der Waals surface area (Å²) >= 11 is 0. The first kappa shape index (κ1) is 15.4. The number of rotatable bonds is 6. The fourth-order valence-electron chi connectivity index (χ4n) is 2.42. The minimum atomic E-state index is -0.543. The molecule has 1 heterocycles. The summed E-state index contributed by atoms with van der Waals surface area (Å²) in [5, 5.41) is 0. The quantitative estimate of drug-likeness (QED) is 0.888. The molecule has 2 aromatic carbocycles. The molecule has 1 aliphatic rings. The van der Waals surface area contributed by atoms with Gasteiger partial charge in [-0.2, -0.15) is 0 Å². The van der Waals surface area contributed by atoms with E-state index in [4.69, 9.17) is 19.9 Å². The van der Waals surface area contributed by atoms with Gasteiger partial charge in [-0.1, -0.05) is 30.3 Å². The summed E-state index contributed by atoms with van der Waals surface area (Å²) in [7, 11) is 0. The number of carbonyl (C=O) groups is 1. The van der Waals surface area contributed by atoms with E-state index < -0.39 is 12.0 Å². The Labute approximate surface area is 135 Å². The van der Waals surface area contributed by atoms with Gasteiger partial charge in [-0.3, -0.25) is 4.79 Å². The minimum Gasteiger partial charge on any atom is -0.489 e. The number of nitrogens with two attached hydrogens (primary N) is 1. The normalized spacial score (nSPS) is 20.2. The summed E-state index contributed by atoms with van der Waals surface area (Å²) in [6.45, 7) is 0.882. The van der Waals surface area contributed by atoms with E-state index in [0.29, 0.717) is 19.6 Å². The summed E-state index contributed by atoms with van der Waals surface area (Å²) in [6, 6.07) is 17.4. The highest BCUT2D eigenvalue weighted by molar-refractivity contribution is 5.79. The van der Waals surface area contributed by atoms with Gasteiger partial charge in [0.15, 0.2) is 0 Å². The van der Waals surface area contributed by atoms with Crippen molar-refractivity contribution >= 4 is 5.91 Å². The lowest BCUT2D eigenvalue weighted by atomic mass is 10.2. The van der Waals surface area contributed by atoms with Crippen LogP contribution in [0.3, 0.4) is 0 Å². The van der Waals surface area contributed by atoms with Crippen molar-refractivity contribution < 1.29 is 19.0 Å². The number of primary amides is 1. The molecule has 0 saturated carbocycles. The first-order valence-corrected chi connectivity index (χ1v) is 7.55. The number of amides is 1. The van der Waals surface area contributed by atoms with Crippen molar-refractivity contribution in [3.63, 3.8) is 0 Å². The molecule has 0 bridgehead atoms. The van der Waals surface area contributed by atoms with Crippen LogP contribution in [0.4, 0.5) is 0 Å². The molecule has 1 saturated heterocycles. The third-order valence-corrected chi connectivity index (χ3v) is 3.65. The highest BCUT2D eigenvalue weighted by atomic mass is 16.6. The Bertz CT molecular complexity index is 642. The van der Waals surface area contributed by atoms with Crippen molar-refractivity contribution in [1.29, 1.82) is 0 Å². The van der Waals surface area contributed by atoms with Gasteiger partial charge in [0.05, 0.1) is 6.61 Å². The number of benzene rings is 2. The van der Waals surface area contributed by atoms with Crippen LogP contribution in [0.2, 0.25) is 0 Å². The highest BCUT2D eigenvalue weighted by Gasteiger charge is 2.30. The van der Waals surface area contributed by atoms with Crippen LogP contribution in [0.25, 0.3) is 0 Å². The first-order valence-electron chi connectivity index (χ1n) is 7.55. The van der Waals surface area contributed by atoms with E-state index in [1.165, 1.54) is 0 Å². The second kappa shape index (κ2) is 7.15. The molecule has 5 nitrogen and oxygen atoms in total. The molecular formula is C18H19NO4. The lowest BCUT2D eigenvalue weighted by Crippen LogP contribution is -2.28. The maximum absolute atomic E-state index is 11.1. The molecule has 1 fully saturated rings. The third kappa shape index (κ3) is 4.23. The summed E-state index contributed by atoms with van der Waals surface area (Å²) in [6.07, 6.45) is -0.189. The predicted molar refractivity (Wildman–Crippen MR) is 85.2 cm³/mol. The number of hydrogen-bond acceptors (Lipinski definition) is 4. The van der Waals surface area contributed by atoms with E-state index >= 15 is 0 Å². The van der Waals surface area contributed by atoms with Crippen molar-refractivity contribution in [2.75, 3.05) is 6.61 Å². The standard InChI is InChI=1S/C18H19NO4/c19-18(20)17-10-16(12-22-17)23-15-8-6-13(7-9-15)11-21-14-4-2-1-3-5-14/h1-9,16-17H,10-12H2,(H2,19,20). The van der Waals surface area contributed by atoms with E-state index in [0.717, 1.165) is 17.1 Å². The number of ether oxygens (including phenoxy) is 3. The Balaban J connectivity index is 1.50. The van der Waals surface area contributed by atoms with E-state index in [2.05, 4.69) is 0 Å². The molecule has 2 N–H and O–H groups in total. The van der Waals surface area contributed by atoms with Gasteiger partial charge >= 0.3 is 0 Å². The molecule has 120 valence electrons. The summed E-state index contributed by atoms with van der Waals surface area (Å²) in [5.74, 6) is 1.14. The molecule has 0 radical (unpaired) electrons. The van der Waals surface area contributed by atoms with Gasteiger partial charge in [0, 0.05) is 6.42 Å². The molecule has 23 heavy (non-hydrogen) atoms. The number of hydrogen-bond donors (Lipinski definition) is 1. The van der Waals surface area contributed by atoms with E-state index in [-0.39, 0.29) is 6.10 Å². The zero-order valence-corrected chi connectivity index (χ0v) is 12.7. The van der Waals surface area contributed by atoms with Crippen molar-refractivity contribution in [3.8, 4) is 11.5 Å². The summed E-state index contributed by atoms with van der Waals surface area (Å²) < 4.78 is 16.8. The topological polar surface area (TPSA) is 70.8 Å². The number of para-hydroxylation sites is 1. The Hall–Kier alpha value is -2.53. The summed E-state index contributed by atoms with van der Waals surface area (Å²) in [4.78, 5) is 11.1. The Morgan fingerprint density at radius 3 is 2.48 bits per heavy atom. The van der Waals surface area contributed by atoms with Gasteiger partial charge in [-0.25, -0.2) is 0 Å². The fraction of sp³-hybridized carbons (Fsp3) is 0.278. The van der Waals surface area contributed by atoms with Crippen molar-refractivity contribution in [2.45, 2.75) is 25.2 Å². The van der Waals surface area contributed by atoms with Gasteiger partial charge in [-0.05, 0) is 29.8 Å². The average molecular weight is 313 g/mol. The molecule has 1 aliphatic heterocycles. The van der Waals surface area contributed by atoms with E-state index in [9.17, 15) is 4.79 Å². The molecule has 3 rings (SSSR count). The fourth-order valence-corrected chi connectivity index (χ4v) is 2.42. The van der Waals surface area contributed by atoms with E-state index in [1.807, 2.05) is 54.6 Å². The minimum absolute atomic E-state index is 0.140. The zero-order valence-electron chi connectivity index (χ0n) is 12.7. The molecule has 0 aliphatic carbocycles. The molecule has 5 heteroatoms. The molecule has 1 amide bonds. The Morgan fingerprint density at radius 1 is 1.09 bits per heavy atom. The molecule has 2 unspecified atom stereocenters. The SMILES string of the molecule is NC(=O)C1CC(Oc2ccc(COc3ccccc3)cc2)CO1. The van der Waals surface area contributed by atoms with Crippen LogP contribution in [0.1, 0.15) is 12.0 Å². The maximum atomic E-state index is 11.1. The van der Waals surface area contributed by atoms with Crippen LogP contribution in [0.15, 0.2) is 54.6 Å². The Morgan fingerprint density at radius 2 is 1.83 bits per heavy atom. The van der Waals surface area contributed by atoms with Crippen LogP contribution >= 0.6 is 0 Å². The largest absolute Gasteiger partial charge is 0.489 e. The van der Waals surface area contributed by atoms with E-state index in [1.54, 1.807) is 0 Å². The Kier molecular flexibility index (Phi) is 4.78. The maximum Gasteiger partial charge on any atom is 0.246 e. The molecular weight excluding hydrogens is 294 g/mol. The zero-order chi connectivity index (χ0) is 16.1. The van der Waals surface area contributed by atoms with Crippen LogP contribution in [-0.4, -0.2) is 24.7 Å². The van der Waals surface area contributed by atoms with Gasteiger partial charge < -0.3 is 19.9 Å². The van der Waals surface area contributed by atoms with Crippen LogP contribution in [0.5, 0.6) is 11.5 Å². The van der Waals surface area contributed by atoms with Gasteiger partial charge in [-0.15, -0.1) is 0 Å². The number of carbonyl (C=O) groups excluding carboxylic acids is 1. The molecule has 2 aromatic rings. The highest BCUT2D eigenvalue weighted by Crippen LogP contribution is 2.21. The monoisotopic (exact) mass is 313 g/mol. The smallest absolute Gasteiger partial charge is 0.246 e. The first-order chi connectivity index (χ1) is 11.2. The third-order valence-electron chi connectivity index (χ3n) is 3.65. The van der Waals surface area contributed by atoms with Gasteiger partial charge in [0.1, 0.15) is 30.3 Å². The van der Waals surface area contributed by atoms with Crippen LogP contribution < -0.4 is 15.2 Å². The second-order valence-corrected chi connectivity index (χ2v) is 5.45.